The zero-order chi connectivity index (χ0) is 21.6. The fourth-order valence-electron chi connectivity index (χ4n) is 2.93. The number of halogens is 1. The number of nitrogens with one attached hydrogen (secondary N) is 1. The third kappa shape index (κ3) is 6.57. The molecule has 1 N–H and O–H groups in total. The predicted octanol–water partition coefficient (Wildman–Crippen LogP) is 3.05. The van der Waals surface area contributed by atoms with Gasteiger partial charge in [-0.1, -0.05) is 6.07 Å². The number of hydrogen-bond acceptors (Lipinski definition) is 4. The molecule has 0 spiro atoms. The van der Waals surface area contributed by atoms with Crippen LogP contribution >= 0.6 is 0 Å². The van der Waals surface area contributed by atoms with Crippen LogP contribution in [-0.2, 0) is 11.3 Å². The summed E-state index contributed by atoms with van der Waals surface area (Å²) < 4.78 is 13.4. The van der Waals surface area contributed by atoms with Crippen LogP contribution in [0.4, 0.5) is 15.8 Å². The van der Waals surface area contributed by atoms with Crippen molar-refractivity contribution in [3.05, 3.63) is 59.4 Å². The first-order chi connectivity index (χ1) is 13.7. The highest BCUT2D eigenvalue weighted by molar-refractivity contribution is 6.04. The van der Waals surface area contributed by atoms with Crippen molar-refractivity contribution in [2.75, 3.05) is 51.5 Å². The third-order valence-electron chi connectivity index (χ3n) is 4.53. The van der Waals surface area contributed by atoms with E-state index in [9.17, 15) is 14.0 Å². The zero-order valence-electron chi connectivity index (χ0n) is 17.7. The van der Waals surface area contributed by atoms with Crippen LogP contribution in [0, 0.1) is 5.82 Å². The number of benzene rings is 2. The van der Waals surface area contributed by atoms with Crippen LogP contribution in [0.5, 0.6) is 0 Å². The number of hydrogen-bond donors (Lipinski definition) is 1. The molecule has 0 aliphatic carbocycles. The standard InChI is InChI=1S/C22H29FN4O2/c1-16(28)27(12-11-25(2)3)15-18-14-20(9-10-21(18)26(4)5)24-22(29)17-7-6-8-19(23)13-17/h6-10,13-14H,11-12,15H2,1-5H3,(H,24,29). The average Bonchev–Trinajstić information content (AvgIpc) is 2.64. The molecule has 2 rings (SSSR count). The van der Waals surface area contributed by atoms with Gasteiger partial charge in [-0.15, -0.1) is 0 Å². The number of likely N-dealkylation sites (N-methyl/N-ethyl adjacent to an activating group) is 1. The second-order valence-electron chi connectivity index (χ2n) is 7.45. The fraction of sp³-hybridized carbons (Fsp3) is 0.364. The van der Waals surface area contributed by atoms with Gasteiger partial charge in [0, 0.05) is 57.6 Å². The number of carbonyl (C=O) groups is 2. The Hall–Kier alpha value is -2.93. The first kappa shape index (κ1) is 22.4. The Balaban J connectivity index is 2.26. The van der Waals surface area contributed by atoms with Crippen LogP contribution in [-0.4, -0.2) is 62.9 Å². The molecule has 0 radical (unpaired) electrons. The van der Waals surface area contributed by atoms with Crippen LogP contribution in [0.3, 0.4) is 0 Å². The van der Waals surface area contributed by atoms with Gasteiger partial charge in [0.05, 0.1) is 0 Å². The lowest BCUT2D eigenvalue weighted by Gasteiger charge is -2.26. The van der Waals surface area contributed by atoms with E-state index in [1.165, 1.54) is 18.2 Å². The first-order valence-electron chi connectivity index (χ1n) is 9.44. The molecule has 0 heterocycles. The molecule has 0 aliphatic heterocycles. The number of nitrogens with zero attached hydrogens (tertiary/aromatic N) is 3. The minimum absolute atomic E-state index is 0.00856. The monoisotopic (exact) mass is 400 g/mol. The van der Waals surface area contributed by atoms with Gasteiger partial charge in [-0.2, -0.15) is 0 Å². The molecule has 0 unspecified atom stereocenters. The largest absolute Gasteiger partial charge is 0.377 e. The lowest BCUT2D eigenvalue weighted by Crippen LogP contribution is -2.35. The van der Waals surface area contributed by atoms with E-state index in [0.29, 0.717) is 18.8 Å². The second kappa shape index (κ2) is 10.0. The normalized spacial score (nSPS) is 10.7. The molecule has 7 heteroatoms. The van der Waals surface area contributed by atoms with Gasteiger partial charge in [0.15, 0.2) is 0 Å². The third-order valence-corrected chi connectivity index (χ3v) is 4.53. The molecule has 0 bridgehead atoms. The number of anilines is 2. The Morgan fingerprint density at radius 2 is 1.72 bits per heavy atom. The molecule has 0 saturated heterocycles. The maximum absolute atomic E-state index is 13.4. The number of carbonyl (C=O) groups excluding carboxylic acids is 2. The topological polar surface area (TPSA) is 55.9 Å². The maximum atomic E-state index is 13.4. The summed E-state index contributed by atoms with van der Waals surface area (Å²) in [6.07, 6.45) is 0. The van der Waals surface area contributed by atoms with Gasteiger partial charge in [-0.05, 0) is 56.1 Å². The Morgan fingerprint density at radius 1 is 1.00 bits per heavy atom. The van der Waals surface area contributed by atoms with E-state index < -0.39 is 5.82 Å². The van der Waals surface area contributed by atoms with E-state index in [2.05, 4.69) is 5.32 Å². The molecule has 0 aromatic heterocycles. The summed E-state index contributed by atoms with van der Waals surface area (Å²) in [7, 11) is 7.79. The lowest BCUT2D eigenvalue weighted by molar-refractivity contribution is -0.129. The van der Waals surface area contributed by atoms with E-state index in [4.69, 9.17) is 0 Å². The quantitative estimate of drug-likeness (QED) is 0.740. The van der Waals surface area contributed by atoms with Crippen molar-refractivity contribution in [3.63, 3.8) is 0 Å². The number of rotatable bonds is 8. The second-order valence-corrected chi connectivity index (χ2v) is 7.45. The maximum Gasteiger partial charge on any atom is 0.255 e. The van der Waals surface area contributed by atoms with Gasteiger partial charge in [0.1, 0.15) is 5.82 Å². The van der Waals surface area contributed by atoms with Gasteiger partial charge in [0.25, 0.3) is 5.91 Å². The summed E-state index contributed by atoms with van der Waals surface area (Å²) in [5.74, 6) is -0.853. The van der Waals surface area contributed by atoms with Crippen molar-refractivity contribution in [2.45, 2.75) is 13.5 Å². The summed E-state index contributed by atoms with van der Waals surface area (Å²) >= 11 is 0. The summed E-state index contributed by atoms with van der Waals surface area (Å²) in [6, 6.07) is 11.1. The van der Waals surface area contributed by atoms with Crippen molar-refractivity contribution >= 4 is 23.2 Å². The predicted molar refractivity (Wildman–Crippen MR) is 115 cm³/mol. The minimum atomic E-state index is -0.459. The molecule has 2 amide bonds. The van der Waals surface area contributed by atoms with E-state index in [0.717, 1.165) is 17.8 Å². The fourth-order valence-corrected chi connectivity index (χ4v) is 2.93. The van der Waals surface area contributed by atoms with E-state index in [-0.39, 0.29) is 17.4 Å². The first-order valence-corrected chi connectivity index (χ1v) is 9.44. The molecular formula is C22H29FN4O2. The molecule has 29 heavy (non-hydrogen) atoms. The summed E-state index contributed by atoms with van der Waals surface area (Å²) in [6.45, 7) is 3.35. The minimum Gasteiger partial charge on any atom is -0.377 e. The van der Waals surface area contributed by atoms with E-state index in [1.54, 1.807) is 24.0 Å². The van der Waals surface area contributed by atoms with E-state index in [1.807, 2.05) is 50.1 Å². The van der Waals surface area contributed by atoms with Crippen molar-refractivity contribution in [2.24, 2.45) is 0 Å². The summed E-state index contributed by atoms with van der Waals surface area (Å²) in [4.78, 5) is 30.3. The van der Waals surface area contributed by atoms with E-state index >= 15 is 0 Å². The average molecular weight is 400 g/mol. The van der Waals surface area contributed by atoms with Gasteiger partial charge >= 0.3 is 0 Å². The summed E-state index contributed by atoms with van der Waals surface area (Å²) in [5.41, 5.74) is 2.72. The highest BCUT2D eigenvalue weighted by atomic mass is 19.1. The summed E-state index contributed by atoms with van der Waals surface area (Å²) in [5, 5.41) is 2.81. The van der Waals surface area contributed by atoms with Crippen LogP contribution < -0.4 is 10.2 Å². The Morgan fingerprint density at radius 3 is 2.31 bits per heavy atom. The molecule has 0 fully saturated rings. The van der Waals surface area contributed by atoms with Crippen LogP contribution in [0.2, 0.25) is 0 Å². The van der Waals surface area contributed by atoms with Crippen molar-refractivity contribution in [3.8, 4) is 0 Å². The molecule has 0 aliphatic rings. The molecule has 6 nitrogen and oxygen atoms in total. The van der Waals surface area contributed by atoms with Crippen molar-refractivity contribution < 1.29 is 14.0 Å². The van der Waals surface area contributed by atoms with Crippen LogP contribution in [0.15, 0.2) is 42.5 Å². The zero-order valence-corrected chi connectivity index (χ0v) is 17.7. The van der Waals surface area contributed by atoms with Crippen LogP contribution in [0.25, 0.3) is 0 Å². The Bertz CT molecular complexity index is 868. The molecule has 2 aromatic rings. The molecule has 0 atom stereocenters. The molecule has 2 aromatic carbocycles. The van der Waals surface area contributed by atoms with Gasteiger partial charge < -0.3 is 20.0 Å². The Kier molecular flexibility index (Phi) is 7.73. The van der Waals surface area contributed by atoms with Crippen LogP contribution in [0.1, 0.15) is 22.8 Å². The number of amides is 2. The lowest BCUT2D eigenvalue weighted by atomic mass is 10.1. The van der Waals surface area contributed by atoms with Crippen molar-refractivity contribution in [1.29, 1.82) is 0 Å². The molecular weight excluding hydrogens is 371 g/mol. The molecule has 0 saturated carbocycles. The SMILES string of the molecule is CC(=O)N(CCN(C)C)Cc1cc(NC(=O)c2cccc(F)c2)ccc1N(C)C. The van der Waals surface area contributed by atoms with Gasteiger partial charge in [-0.25, -0.2) is 4.39 Å². The Labute approximate surface area is 171 Å². The molecule has 156 valence electrons. The smallest absolute Gasteiger partial charge is 0.255 e. The van der Waals surface area contributed by atoms with Gasteiger partial charge in [0.2, 0.25) is 5.91 Å². The highest BCUT2D eigenvalue weighted by Crippen LogP contribution is 2.25. The van der Waals surface area contributed by atoms with Crippen molar-refractivity contribution in [1.82, 2.24) is 9.80 Å². The highest BCUT2D eigenvalue weighted by Gasteiger charge is 2.15. The van der Waals surface area contributed by atoms with Gasteiger partial charge in [-0.3, -0.25) is 9.59 Å².